The standard InChI is InChI=1S/C22H28N4O2S/c1-4-13-26-21(24-20-6-5-12-23-22(20)26)18-11-14-25(15-18)29(27,28)19-9-7-17(8-10-19)16(2)3/h5-10,12,16,18H,4,11,13-15H2,1-3H3. The third kappa shape index (κ3) is 3.69. The lowest BCUT2D eigenvalue weighted by molar-refractivity contribution is 0.468. The van der Waals surface area contributed by atoms with Gasteiger partial charge in [0, 0.05) is 31.7 Å². The molecule has 1 unspecified atom stereocenters. The molecule has 4 rings (SSSR count). The van der Waals surface area contributed by atoms with E-state index in [1.165, 1.54) is 0 Å². The molecule has 0 aliphatic carbocycles. The van der Waals surface area contributed by atoms with Gasteiger partial charge in [0.15, 0.2) is 5.65 Å². The molecule has 3 heterocycles. The monoisotopic (exact) mass is 412 g/mol. The summed E-state index contributed by atoms with van der Waals surface area (Å²) in [5.41, 5.74) is 2.90. The van der Waals surface area contributed by atoms with Gasteiger partial charge in [-0.1, -0.05) is 32.9 Å². The van der Waals surface area contributed by atoms with Gasteiger partial charge in [-0.3, -0.25) is 0 Å². The van der Waals surface area contributed by atoms with Crippen molar-refractivity contribution >= 4 is 21.2 Å². The van der Waals surface area contributed by atoms with E-state index >= 15 is 0 Å². The van der Waals surface area contributed by atoms with Crippen LogP contribution in [-0.4, -0.2) is 40.3 Å². The Morgan fingerprint density at radius 2 is 1.93 bits per heavy atom. The van der Waals surface area contributed by atoms with Crippen molar-refractivity contribution in [2.75, 3.05) is 13.1 Å². The fraction of sp³-hybridized carbons (Fsp3) is 0.455. The van der Waals surface area contributed by atoms with Crippen LogP contribution in [-0.2, 0) is 16.6 Å². The van der Waals surface area contributed by atoms with Gasteiger partial charge in [-0.15, -0.1) is 0 Å². The molecule has 1 atom stereocenters. The van der Waals surface area contributed by atoms with Crippen molar-refractivity contribution < 1.29 is 8.42 Å². The number of rotatable bonds is 6. The van der Waals surface area contributed by atoms with Gasteiger partial charge in [0.1, 0.15) is 11.3 Å². The molecule has 7 heteroatoms. The number of hydrogen-bond donors (Lipinski definition) is 0. The molecular weight excluding hydrogens is 384 g/mol. The smallest absolute Gasteiger partial charge is 0.243 e. The second kappa shape index (κ2) is 7.88. The first-order chi connectivity index (χ1) is 13.9. The van der Waals surface area contributed by atoms with E-state index in [2.05, 4.69) is 30.3 Å². The van der Waals surface area contributed by atoms with Crippen molar-refractivity contribution in [2.24, 2.45) is 0 Å². The number of nitrogens with zero attached hydrogens (tertiary/aromatic N) is 4. The summed E-state index contributed by atoms with van der Waals surface area (Å²) in [5, 5.41) is 0. The predicted molar refractivity (Wildman–Crippen MR) is 114 cm³/mol. The molecule has 1 aliphatic rings. The topological polar surface area (TPSA) is 68.1 Å². The molecule has 1 aliphatic heterocycles. The van der Waals surface area contributed by atoms with Crippen molar-refractivity contribution in [3.63, 3.8) is 0 Å². The van der Waals surface area contributed by atoms with Crippen LogP contribution in [0.3, 0.4) is 0 Å². The van der Waals surface area contributed by atoms with E-state index in [-0.39, 0.29) is 5.92 Å². The molecule has 1 fully saturated rings. The predicted octanol–water partition coefficient (Wildman–Crippen LogP) is 4.14. The zero-order chi connectivity index (χ0) is 20.6. The van der Waals surface area contributed by atoms with E-state index in [0.29, 0.717) is 23.9 Å². The van der Waals surface area contributed by atoms with E-state index in [1.54, 1.807) is 22.6 Å². The van der Waals surface area contributed by atoms with Crippen LogP contribution >= 0.6 is 0 Å². The first-order valence-corrected chi connectivity index (χ1v) is 11.8. The minimum Gasteiger partial charge on any atom is -0.312 e. The van der Waals surface area contributed by atoms with E-state index in [4.69, 9.17) is 4.98 Å². The van der Waals surface area contributed by atoms with Crippen molar-refractivity contribution in [1.29, 1.82) is 0 Å². The molecule has 0 radical (unpaired) electrons. The number of aryl methyl sites for hydroxylation is 1. The number of sulfonamides is 1. The first kappa shape index (κ1) is 20.0. The molecule has 154 valence electrons. The van der Waals surface area contributed by atoms with E-state index < -0.39 is 10.0 Å². The lowest BCUT2D eigenvalue weighted by Crippen LogP contribution is -2.29. The van der Waals surface area contributed by atoms with Crippen molar-refractivity contribution in [1.82, 2.24) is 18.8 Å². The number of benzene rings is 1. The average molecular weight is 413 g/mol. The SMILES string of the molecule is CCCn1c(C2CCN(S(=O)(=O)c3ccc(C(C)C)cc3)C2)nc2cccnc21. The third-order valence-electron chi connectivity index (χ3n) is 5.68. The minimum absolute atomic E-state index is 0.0838. The van der Waals surface area contributed by atoms with Crippen molar-refractivity contribution in [3.05, 3.63) is 54.0 Å². The summed E-state index contributed by atoms with van der Waals surface area (Å²) in [4.78, 5) is 9.68. The summed E-state index contributed by atoms with van der Waals surface area (Å²) >= 11 is 0. The molecule has 6 nitrogen and oxygen atoms in total. The average Bonchev–Trinajstić information content (AvgIpc) is 3.34. The van der Waals surface area contributed by atoms with E-state index in [0.717, 1.165) is 41.9 Å². The molecule has 2 aromatic heterocycles. The highest BCUT2D eigenvalue weighted by molar-refractivity contribution is 7.89. The highest BCUT2D eigenvalue weighted by Gasteiger charge is 2.35. The Bertz CT molecular complexity index is 1100. The van der Waals surface area contributed by atoms with Gasteiger partial charge in [-0.05, 0) is 48.6 Å². The van der Waals surface area contributed by atoms with Crippen molar-refractivity contribution in [3.8, 4) is 0 Å². The van der Waals surface area contributed by atoms with Crippen LogP contribution in [0.15, 0.2) is 47.5 Å². The van der Waals surface area contributed by atoms with Crippen LogP contribution in [0.4, 0.5) is 0 Å². The normalized spacial score (nSPS) is 18.1. The van der Waals surface area contributed by atoms with E-state index in [9.17, 15) is 8.42 Å². The lowest BCUT2D eigenvalue weighted by atomic mass is 10.0. The van der Waals surface area contributed by atoms with Gasteiger partial charge in [-0.2, -0.15) is 4.31 Å². The molecule has 3 aromatic rings. The highest BCUT2D eigenvalue weighted by Crippen LogP contribution is 2.32. The van der Waals surface area contributed by atoms with Crippen LogP contribution in [0.1, 0.15) is 56.8 Å². The van der Waals surface area contributed by atoms with Gasteiger partial charge >= 0.3 is 0 Å². The maximum atomic E-state index is 13.2. The molecule has 0 bridgehead atoms. The number of pyridine rings is 1. The van der Waals surface area contributed by atoms with Crippen LogP contribution in [0, 0.1) is 0 Å². The Hall–Kier alpha value is -2.25. The van der Waals surface area contributed by atoms with Gasteiger partial charge < -0.3 is 4.57 Å². The summed E-state index contributed by atoms with van der Waals surface area (Å²) in [5.74, 6) is 1.41. The maximum Gasteiger partial charge on any atom is 0.243 e. The molecule has 0 spiro atoms. The maximum absolute atomic E-state index is 13.2. The Morgan fingerprint density at radius 1 is 1.17 bits per heavy atom. The minimum atomic E-state index is -3.50. The Morgan fingerprint density at radius 3 is 2.62 bits per heavy atom. The highest BCUT2D eigenvalue weighted by atomic mass is 32.2. The fourth-order valence-corrected chi connectivity index (χ4v) is 5.56. The Labute approximate surface area is 172 Å². The Balaban J connectivity index is 1.60. The number of aromatic nitrogens is 3. The molecule has 1 saturated heterocycles. The van der Waals surface area contributed by atoms with Gasteiger partial charge in [0.2, 0.25) is 10.0 Å². The van der Waals surface area contributed by atoms with Gasteiger partial charge in [0.05, 0.1) is 4.90 Å². The number of hydrogen-bond acceptors (Lipinski definition) is 4. The van der Waals surface area contributed by atoms with E-state index in [1.807, 2.05) is 24.3 Å². The molecule has 1 aromatic carbocycles. The van der Waals surface area contributed by atoms with Crippen LogP contribution in [0.5, 0.6) is 0 Å². The quantitative estimate of drug-likeness (QED) is 0.610. The van der Waals surface area contributed by atoms with Crippen LogP contribution in [0.25, 0.3) is 11.2 Å². The van der Waals surface area contributed by atoms with Gasteiger partial charge in [0.25, 0.3) is 0 Å². The molecule has 0 N–H and O–H groups in total. The summed E-state index contributed by atoms with van der Waals surface area (Å²) in [6.07, 6.45) is 3.54. The van der Waals surface area contributed by atoms with Gasteiger partial charge in [-0.25, -0.2) is 18.4 Å². The number of fused-ring (bicyclic) bond motifs is 1. The second-order valence-corrected chi connectivity index (χ2v) is 9.98. The summed E-state index contributed by atoms with van der Waals surface area (Å²) in [6, 6.07) is 11.1. The fourth-order valence-electron chi connectivity index (χ4n) is 4.06. The summed E-state index contributed by atoms with van der Waals surface area (Å²) in [6.45, 7) is 8.15. The van der Waals surface area contributed by atoms with Crippen molar-refractivity contribution in [2.45, 2.75) is 56.9 Å². The molecule has 0 amide bonds. The van der Waals surface area contributed by atoms with Crippen LogP contribution < -0.4 is 0 Å². The molecule has 0 saturated carbocycles. The second-order valence-electron chi connectivity index (χ2n) is 8.04. The molecular formula is C22H28N4O2S. The molecule has 29 heavy (non-hydrogen) atoms. The third-order valence-corrected chi connectivity index (χ3v) is 7.56. The summed E-state index contributed by atoms with van der Waals surface area (Å²) < 4.78 is 30.1. The number of imidazole rings is 1. The first-order valence-electron chi connectivity index (χ1n) is 10.3. The van der Waals surface area contributed by atoms with Crippen LogP contribution in [0.2, 0.25) is 0 Å². The Kier molecular flexibility index (Phi) is 5.44. The summed E-state index contributed by atoms with van der Waals surface area (Å²) in [7, 11) is -3.50. The zero-order valence-electron chi connectivity index (χ0n) is 17.2. The zero-order valence-corrected chi connectivity index (χ0v) is 18.1. The lowest BCUT2D eigenvalue weighted by Gasteiger charge is -2.17. The largest absolute Gasteiger partial charge is 0.312 e.